The third-order valence-electron chi connectivity index (χ3n) is 2.52. The van der Waals surface area contributed by atoms with Crippen LogP contribution < -0.4 is 0 Å². The van der Waals surface area contributed by atoms with E-state index in [0.29, 0.717) is 13.2 Å². The van der Waals surface area contributed by atoms with Crippen LogP contribution in [-0.4, -0.2) is 9.78 Å². The molecule has 0 atom stereocenters. The lowest BCUT2D eigenvalue weighted by Crippen LogP contribution is -2.05. The Kier molecular flexibility index (Phi) is 4.02. The van der Waals surface area contributed by atoms with Gasteiger partial charge in [0.15, 0.2) is 0 Å². The molecule has 0 aliphatic rings. The largest absolute Gasteiger partial charge is 0.467 e. The van der Waals surface area contributed by atoms with E-state index in [4.69, 9.17) is 9.15 Å². The van der Waals surface area contributed by atoms with E-state index in [1.807, 2.05) is 23.7 Å². The van der Waals surface area contributed by atoms with Gasteiger partial charge < -0.3 is 9.15 Å². The first-order chi connectivity index (χ1) is 8.22. The van der Waals surface area contributed by atoms with Gasteiger partial charge in [0.2, 0.25) is 0 Å². The molecule has 2 rings (SSSR count). The monoisotopic (exact) mass is 298 g/mol. The van der Waals surface area contributed by atoms with Crippen molar-refractivity contribution in [1.82, 2.24) is 9.78 Å². The summed E-state index contributed by atoms with van der Waals surface area (Å²) in [5, 5.41) is 4.41. The smallest absolute Gasteiger partial charge is 0.129 e. The maximum Gasteiger partial charge on any atom is 0.129 e. The summed E-state index contributed by atoms with van der Waals surface area (Å²) in [6, 6.07) is 3.76. The standard InChI is InChI=1S/C12H15BrN2O2/c1-3-15-11(12(13)9(2)14-15)8-16-7-10-5-4-6-17-10/h4-6H,3,7-8H2,1-2H3. The quantitative estimate of drug-likeness (QED) is 0.850. The summed E-state index contributed by atoms with van der Waals surface area (Å²) in [5.41, 5.74) is 2.06. The van der Waals surface area contributed by atoms with Crippen molar-refractivity contribution in [1.29, 1.82) is 0 Å². The SMILES string of the molecule is CCn1nc(C)c(Br)c1COCc1ccco1. The number of aromatic nitrogens is 2. The van der Waals surface area contributed by atoms with Gasteiger partial charge in [0.25, 0.3) is 0 Å². The summed E-state index contributed by atoms with van der Waals surface area (Å²) < 4.78 is 13.8. The van der Waals surface area contributed by atoms with Crippen LogP contribution >= 0.6 is 15.9 Å². The molecule has 0 radical (unpaired) electrons. The van der Waals surface area contributed by atoms with Crippen LogP contribution in [0.2, 0.25) is 0 Å². The Bertz CT molecular complexity index is 477. The molecular formula is C12H15BrN2O2. The third-order valence-corrected chi connectivity index (χ3v) is 3.55. The second kappa shape index (κ2) is 5.51. The molecule has 2 aromatic rings. The Balaban J connectivity index is 1.98. The van der Waals surface area contributed by atoms with Gasteiger partial charge >= 0.3 is 0 Å². The van der Waals surface area contributed by atoms with Crippen molar-refractivity contribution in [3.8, 4) is 0 Å². The zero-order valence-corrected chi connectivity index (χ0v) is 11.5. The highest BCUT2D eigenvalue weighted by atomic mass is 79.9. The average molecular weight is 299 g/mol. The van der Waals surface area contributed by atoms with Gasteiger partial charge in [-0.1, -0.05) is 0 Å². The predicted octanol–water partition coefficient (Wildman–Crippen LogP) is 3.28. The van der Waals surface area contributed by atoms with E-state index in [9.17, 15) is 0 Å². The molecule has 0 bridgehead atoms. The lowest BCUT2D eigenvalue weighted by atomic mass is 10.4. The van der Waals surface area contributed by atoms with E-state index in [1.165, 1.54) is 0 Å². The zero-order valence-electron chi connectivity index (χ0n) is 9.94. The van der Waals surface area contributed by atoms with E-state index in [-0.39, 0.29) is 0 Å². The summed E-state index contributed by atoms with van der Waals surface area (Å²) in [6.07, 6.45) is 1.65. The van der Waals surface area contributed by atoms with Gasteiger partial charge in [-0.2, -0.15) is 5.10 Å². The van der Waals surface area contributed by atoms with Crippen LogP contribution in [0.1, 0.15) is 24.1 Å². The summed E-state index contributed by atoms with van der Waals surface area (Å²) in [6.45, 7) is 5.89. The minimum atomic E-state index is 0.480. The van der Waals surface area contributed by atoms with Crippen LogP contribution in [0.3, 0.4) is 0 Å². The summed E-state index contributed by atoms with van der Waals surface area (Å²) in [7, 11) is 0. The highest BCUT2D eigenvalue weighted by Gasteiger charge is 2.12. The van der Waals surface area contributed by atoms with E-state index in [2.05, 4.69) is 28.0 Å². The Hall–Kier alpha value is -1.07. The predicted molar refractivity (Wildman–Crippen MR) is 67.5 cm³/mol. The van der Waals surface area contributed by atoms with Crippen molar-refractivity contribution in [2.24, 2.45) is 0 Å². The van der Waals surface area contributed by atoms with Crippen molar-refractivity contribution in [2.75, 3.05) is 0 Å². The van der Waals surface area contributed by atoms with Crippen LogP contribution in [0, 0.1) is 6.92 Å². The number of rotatable bonds is 5. The number of halogens is 1. The number of aryl methyl sites for hydroxylation is 2. The van der Waals surface area contributed by atoms with Crippen LogP contribution in [0.4, 0.5) is 0 Å². The van der Waals surface area contributed by atoms with E-state index < -0.39 is 0 Å². The molecule has 0 aliphatic carbocycles. The fourth-order valence-electron chi connectivity index (χ4n) is 1.65. The van der Waals surface area contributed by atoms with Gasteiger partial charge in [-0.15, -0.1) is 0 Å². The third kappa shape index (κ3) is 2.79. The molecule has 5 heteroatoms. The van der Waals surface area contributed by atoms with Crippen LogP contribution in [0.5, 0.6) is 0 Å². The average Bonchev–Trinajstić information content (AvgIpc) is 2.92. The maximum absolute atomic E-state index is 5.62. The molecule has 2 heterocycles. The lowest BCUT2D eigenvalue weighted by molar-refractivity contribution is 0.0875. The first kappa shape index (κ1) is 12.4. The molecule has 0 aliphatic heterocycles. The van der Waals surface area contributed by atoms with Crippen LogP contribution in [-0.2, 0) is 24.5 Å². The zero-order chi connectivity index (χ0) is 12.3. The normalized spacial score (nSPS) is 11.0. The van der Waals surface area contributed by atoms with Crippen molar-refractivity contribution in [2.45, 2.75) is 33.6 Å². The molecule has 0 saturated heterocycles. The van der Waals surface area contributed by atoms with Gasteiger partial charge in [0.05, 0.1) is 28.7 Å². The highest BCUT2D eigenvalue weighted by molar-refractivity contribution is 9.10. The molecule has 0 saturated carbocycles. The number of furan rings is 1. The summed E-state index contributed by atoms with van der Waals surface area (Å²) in [4.78, 5) is 0. The minimum Gasteiger partial charge on any atom is -0.467 e. The minimum absolute atomic E-state index is 0.480. The summed E-state index contributed by atoms with van der Waals surface area (Å²) in [5.74, 6) is 0.834. The second-order valence-corrected chi connectivity index (χ2v) is 4.53. The van der Waals surface area contributed by atoms with Gasteiger partial charge in [-0.3, -0.25) is 4.68 Å². The molecule has 4 nitrogen and oxygen atoms in total. The fourth-order valence-corrected chi connectivity index (χ4v) is 2.05. The fraction of sp³-hybridized carbons (Fsp3) is 0.417. The Morgan fingerprint density at radius 2 is 2.29 bits per heavy atom. The Morgan fingerprint density at radius 1 is 1.47 bits per heavy atom. The molecular weight excluding hydrogens is 284 g/mol. The Morgan fingerprint density at radius 3 is 2.94 bits per heavy atom. The summed E-state index contributed by atoms with van der Waals surface area (Å²) >= 11 is 3.53. The van der Waals surface area contributed by atoms with Crippen molar-refractivity contribution in [3.05, 3.63) is 40.0 Å². The molecule has 0 spiro atoms. The van der Waals surface area contributed by atoms with Gasteiger partial charge in [0.1, 0.15) is 12.4 Å². The first-order valence-electron chi connectivity index (χ1n) is 5.54. The Labute approximate surface area is 109 Å². The highest BCUT2D eigenvalue weighted by Crippen LogP contribution is 2.22. The molecule has 2 aromatic heterocycles. The number of hydrogen-bond acceptors (Lipinski definition) is 3. The van der Waals surface area contributed by atoms with E-state index in [0.717, 1.165) is 28.2 Å². The number of nitrogens with zero attached hydrogens (tertiary/aromatic N) is 2. The molecule has 17 heavy (non-hydrogen) atoms. The number of ether oxygens (including phenoxy) is 1. The van der Waals surface area contributed by atoms with E-state index >= 15 is 0 Å². The molecule has 0 amide bonds. The second-order valence-electron chi connectivity index (χ2n) is 3.73. The van der Waals surface area contributed by atoms with Crippen molar-refractivity contribution in [3.63, 3.8) is 0 Å². The van der Waals surface area contributed by atoms with Crippen LogP contribution in [0.15, 0.2) is 27.3 Å². The number of hydrogen-bond donors (Lipinski definition) is 0. The lowest BCUT2D eigenvalue weighted by Gasteiger charge is -2.05. The van der Waals surface area contributed by atoms with E-state index in [1.54, 1.807) is 6.26 Å². The van der Waals surface area contributed by atoms with Gasteiger partial charge in [0, 0.05) is 6.54 Å². The first-order valence-corrected chi connectivity index (χ1v) is 6.33. The maximum atomic E-state index is 5.62. The van der Waals surface area contributed by atoms with Crippen LogP contribution in [0.25, 0.3) is 0 Å². The van der Waals surface area contributed by atoms with Gasteiger partial charge in [-0.05, 0) is 41.9 Å². The molecule has 0 N–H and O–H groups in total. The molecule has 0 fully saturated rings. The molecule has 0 unspecified atom stereocenters. The molecule has 0 aromatic carbocycles. The molecule has 92 valence electrons. The van der Waals surface area contributed by atoms with Crippen molar-refractivity contribution < 1.29 is 9.15 Å². The van der Waals surface area contributed by atoms with Crippen molar-refractivity contribution >= 4 is 15.9 Å². The van der Waals surface area contributed by atoms with Gasteiger partial charge in [-0.25, -0.2) is 0 Å². The topological polar surface area (TPSA) is 40.2 Å².